The lowest BCUT2D eigenvalue weighted by Gasteiger charge is -2.09. The summed E-state index contributed by atoms with van der Waals surface area (Å²) in [5.74, 6) is 0.0186. The Kier molecular flexibility index (Phi) is 6.97. The number of aromatic nitrogens is 2. The van der Waals surface area contributed by atoms with E-state index in [1.807, 2.05) is 39.0 Å². The molecular weight excluding hydrogens is 434 g/mol. The molecular formula is C22H23N3O4S2. The lowest BCUT2D eigenvalue weighted by molar-refractivity contribution is -0.113. The molecule has 0 aliphatic carbocycles. The van der Waals surface area contributed by atoms with E-state index in [9.17, 15) is 18.0 Å². The summed E-state index contributed by atoms with van der Waals surface area (Å²) in [5.41, 5.74) is 1.87. The Morgan fingerprint density at radius 1 is 1.13 bits per heavy atom. The molecule has 3 aromatic rings. The third kappa shape index (κ3) is 5.42. The fraction of sp³-hybridized carbons (Fsp3) is 0.227. The number of hydrogen-bond donors (Lipinski definition) is 2. The Hall–Kier alpha value is -2.91. The molecule has 0 atom stereocenters. The van der Waals surface area contributed by atoms with Crippen LogP contribution in [0.15, 0.2) is 74.5 Å². The number of nitrogens with one attached hydrogen (secondary N) is 2. The molecule has 1 aromatic heterocycles. The fourth-order valence-corrected chi connectivity index (χ4v) is 4.69. The normalized spacial score (nSPS) is 11.5. The maximum absolute atomic E-state index is 12.8. The Labute approximate surface area is 185 Å². The van der Waals surface area contributed by atoms with Crippen molar-refractivity contribution in [1.29, 1.82) is 0 Å². The van der Waals surface area contributed by atoms with Gasteiger partial charge in [0.1, 0.15) is 0 Å². The Bertz CT molecular complexity index is 1250. The zero-order valence-corrected chi connectivity index (χ0v) is 19.0. The van der Waals surface area contributed by atoms with E-state index in [0.29, 0.717) is 5.69 Å². The fourth-order valence-electron chi connectivity index (χ4n) is 2.82. The van der Waals surface area contributed by atoms with Crippen LogP contribution < -0.4 is 10.9 Å². The van der Waals surface area contributed by atoms with Gasteiger partial charge in [0.05, 0.1) is 16.8 Å². The van der Waals surface area contributed by atoms with E-state index in [1.165, 1.54) is 12.1 Å². The van der Waals surface area contributed by atoms with Crippen LogP contribution in [0.1, 0.15) is 30.9 Å². The largest absolute Gasteiger partial charge is 0.325 e. The molecule has 0 saturated carbocycles. The van der Waals surface area contributed by atoms with E-state index < -0.39 is 20.3 Å². The molecule has 31 heavy (non-hydrogen) atoms. The van der Waals surface area contributed by atoms with E-state index in [2.05, 4.69) is 15.3 Å². The number of rotatable bonds is 7. The molecule has 0 aliphatic heterocycles. The summed E-state index contributed by atoms with van der Waals surface area (Å²) < 4.78 is 25.6. The minimum Gasteiger partial charge on any atom is -0.325 e. The van der Waals surface area contributed by atoms with Crippen molar-refractivity contribution >= 4 is 33.2 Å². The smallest absolute Gasteiger partial charge is 0.270 e. The van der Waals surface area contributed by atoms with Crippen molar-refractivity contribution in [2.24, 2.45) is 0 Å². The van der Waals surface area contributed by atoms with Gasteiger partial charge in [0.25, 0.3) is 5.56 Å². The van der Waals surface area contributed by atoms with Crippen molar-refractivity contribution in [3.8, 4) is 0 Å². The summed E-state index contributed by atoms with van der Waals surface area (Å²) in [6.07, 6.45) is 1.03. The number of carbonyl (C=O) groups excluding carboxylic acids is 1. The number of carbonyl (C=O) groups is 1. The molecule has 0 radical (unpaired) electrons. The molecule has 7 nitrogen and oxygen atoms in total. The van der Waals surface area contributed by atoms with Gasteiger partial charge in [-0.05, 0) is 42.2 Å². The summed E-state index contributed by atoms with van der Waals surface area (Å²) >= 11 is 1.01. The van der Waals surface area contributed by atoms with Gasteiger partial charge < -0.3 is 10.3 Å². The van der Waals surface area contributed by atoms with Gasteiger partial charge in [-0.1, -0.05) is 55.9 Å². The molecule has 0 bridgehead atoms. The maximum Gasteiger partial charge on any atom is 0.270 e. The number of para-hydroxylation sites is 1. The Morgan fingerprint density at radius 2 is 1.81 bits per heavy atom. The SMILES string of the molecule is Cc1ccccc1NC(=O)CSc1ncc(S(=O)(=O)c2ccc(C(C)C)cc2)c(=O)[nH]1. The molecule has 0 saturated heterocycles. The number of thioether (sulfide) groups is 1. The molecule has 3 rings (SSSR count). The van der Waals surface area contributed by atoms with E-state index in [0.717, 1.165) is 29.1 Å². The quantitative estimate of drug-likeness (QED) is 0.413. The van der Waals surface area contributed by atoms with Crippen LogP contribution >= 0.6 is 11.8 Å². The summed E-state index contributed by atoms with van der Waals surface area (Å²) in [5, 5.41) is 2.95. The van der Waals surface area contributed by atoms with Crippen LogP contribution in [0.4, 0.5) is 5.69 Å². The van der Waals surface area contributed by atoms with Gasteiger partial charge >= 0.3 is 0 Å². The first-order chi connectivity index (χ1) is 14.7. The van der Waals surface area contributed by atoms with E-state index in [4.69, 9.17) is 0 Å². The standard InChI is InChI=1S/C22H23N3O4S2/c1-14(2)16-8-10-17(11-9-16)31(28,29)19-12-23-22(25-21(19)27)30-13-20(26)24-18-7-5-4-6-15(18)3/h4-12,14H,13H2,1-3H3,(H,24,26)(H,23,25,27). The maximum atomic E-state index is 12.8. The molecule has 1 amide bonds. The van der Waals surface area contributed by atoms with Crippen LogP contribution in [0.3, 0.4) is 0 Å². The highest BCUT2D eigenvalue weighted by atomic mass is 32.2. The number of nitrogens with zero attached hydrogens (tertiary/aromatic N) is 1. The Morgan fingerprint density at radius 3 is 2.42 bits per heavy atom. The second kappa shape index (κ2) is 9.49. The van der Waals surface area contributed by atoms with E-state index in [-0.39, 0.29) is 27.6 Å². The number of H-pyrrole nitrogens is 1. The summed E-state index contributed by atoms with van der Waals surface area (Å²) in [6, 6.07) is 13.8. The van der Waals surface area contributed by atoms with Gasteiger partial charge in [-0.25, -0.2) is 13.4 Å². The van der Waals surface area contributed by atoms with E-state index >= 15 is 0 Å². The molecule has 9 heteroatoms. The topological polar surface area (TPSA) is 109 Å². The summed E-state index contributed by atoms with van der Waals surface area (Å²) in [7, 11) is -4.00. The predicted molar refractivity (Wildman–Crippen MR) is 121 cm³/mol. The molecule has 0 spiro atoms. The number of anilines is 1. The summed E-state index contributed by atoms with van der Waals surface area (Å²) in [4.78, 5) is 30.7. The van der Waals surface area contributed by atoms with Crippen molar-refractivity contribution in [1.82, 2.24) is 9.97 Å². The number of aryl methyl sites for hydroxylation is 1. The number of sulfone groups is 1. The molecule has 162 valence electrons. The van der Waals surface area contributed by atoms with Gasteiger partial charge in [-0.2, -0.15) is 0 Å². The van der Waals surface area contributed by atoms with Crippen LogP contribution in [0, 0.1) is 6.92 Å². The van der Waals surface area contributed by atoms with Crippen LogP contribution in [-0.4, -0.2) is 30.0 Å². The number of benzene rings is 2. The van der Waals surface area contributed by atoms with Gasteiger partial charge in [0, 0.05) is 5.69 Å². The van der Waals surface area contributed by atoms with Crippen LogP contribution in [0.25, 0.3) is 0 Å². The monoisotopic (exact) mass is 457 g/mol. The zero-order chi connectivity index (χ0) is 22.6. The average molecular weight is 458 g/mol. The van der Waals surface area contributed by atoms with Crippen molar-refractivity contribution in [2.75, 3.05) is 11.1 Å². The van der Waals surface area contributed by atoms with Crippen molar-refractivity contribution in [2.45, 2.75) is 41.6 Å². The second-order valence-electron chi connectivity index (χ2n) is 7.26. The number of hydrogen-bond acceptors (Lipinski definition) is 6. The molecule has 0 unspecified atom stereocenters. The van der Waals surface area contributed by atoms with Gasteiger partial charge in [0.2, 0.25) is 15.7 Å². The lowest BCUT2D eigenvalue weighted by Crippen LogP contribution is -2.20. The highest BCUT2D eigenvalue weighted by Crippen LogP contribution is 2.22. The minimum atomic E-state index is -4.00. The van der Waals surface area contributed by atoms with Crippen molar-refractivity contribution in [3.05, 3.63) is 76.2 Å². The van der Waals surface area contributed by atoms with E-state index in [1.54, 1.807) is 18.2 Å². The van der Waals surface area contributed by atoms with Crippen LogP contribution in [0.5, 0.6) is 0 Å². The first-order valence-corrected chi connectivity index (χ1v) is 12.1. The predicted octanol–water partition coefficient (Wildman–Crippen LogP) is 3.77. The molecule has 0 aliphatic rings. The highest BCUT2D eigenvalue weighted by Gasteiger charge is 2.22. The molecule has 2 N–H and O–H groups in total. The molecule has 0 fully saturated rings. The first-order valence-electron chi connectivity index (χ1n) is 9.61. The molecule has 2 aromatic carbocycles. The van der Waals surface area contributed by atoms with Crippen LogP contribution in [-0.2, 0) is 14.6 Å². The van der Waals surface area contributed by atoms with Gasteiger partial charge in [-0.15, -0.1) is 0 Å². The second-order valence-corrected chi connectivity index (χ2v) is 10.1. The molecule has 1 heterocycles. The van der Waals surface area contributed by atoms with Gasteiger partial charge in [0.15, 0.2) is 10.1 Å². The number of amides is 1. The summed E-state index contributed by atoms with van der Waals surface area (Å²) in [6.45, 7) is 5.91. The number of aromatic amines is 1. The first kappa shape index (κ1) is 22.8. The minimum absolute atomic E-state index is 0.0139. The van der Waals surface area contributed by atoms with Gasteiger partial charge in [-0.3, -0.25) is 9.59 Å². The average Bonchev–Trinajstić information content (AvgIpc) is 2.74. The highest BCUT2D eigenvalue weighted by molar-refractivity contribution is 7.99. The lowest BCUT2D eigenvalue weighted by atomic mass is 10.0. The third-order valence-corrected chi connectivity index (χ3v) is 7.30. The third-order valence-electron chi connectivity index (χ3n) is 4.65. The van der Waals surface area contributed by atoms with Crippen molar-refractivity contribution in [3.63, 3.8) is 0 Å². The zero-order valence-electron chi connectivity index (χ0n) is 17.4. The van der Waals surface area contributed by atoms with Crippen molar-refractivity contribution < 1.29 is 13.2 Å². The Balaban J connectivity index is 1.71. The van der Waals surface area contributed by atoms with Crippen LogP contribution in [0.2, 0.25) is 0 Å².